The second-order valence-corrected chi connectivity index (χ2v) is 7.17. The number of Topliss-reactive ketones (excluding diaryl/α,β-unsaturated/α-hetero) is 1. The molecule has 1 aliphatic rings. The standard InChI is InChI=1S/C21H25FN2O3/c1-13(25)11-23-20(27)10-16-14(2)24(12-15-6-3-4-7-17(15)22)18-8-5-9-19(26)21(16)18/h3-4,6-7,13,25H,5,8-12H2,1-2H3,(H,23,27). The quantitative estimate of drug-likeness (QED) is 0.819. The molecule has 1 aromatic carbocycles. The molecular formula is C21H25FN2O3. The van der Waals surface area contributed by atoms with E-state index in [1.165, 1.54) is 6.07 Å². The number of aromatic nitrogens is 1. The Kier molecular flexibility index (Phi) is 5.75. The number of ketones is 1. The lowest BCUT2D eigenvalue weighted by Crippen LogP contribution is -2.32. The highest BCUT2D eigenvalue weighted by molar-refractivity contribution is 6.01. The van der Waals surface area contributed by atoms with Crippen molar-refractivity contribution in [3.63, 3.8) is 0 Å². The Morgan fingerprint density at radius 2 is 2.07 bits per heavy atom. The number of aliphatic hydroxyl groups is 1. The van der Waals surface area contributed by atoms with Crippen molar-refractivity contribution in [3.8, 4) is 0 Å². The van der Waals surface area contributed by atoms with Crippen molar-refractivity contribution in [3.05, 3.63) is 58.2 Å². The second kappa shape index (κ2) is 8.05. The number of rotatable bonds is 6. The molecule has 0 spiro atoms. The molecule has 3 rings (SSSR count). The van der Waals surface area contributed by atoms with Crippen molar-refractivity contribution in [2.24, 2.45) is 0 Å². The van der Waals surface area contributed by atoms with Crippen LogP contribution in [-0.4, -0.2) is 34.0 Å². The van der Waals surface area contributed by atoms with E-state index < -0.39 is 6.10 Å². The van der Waals surface area contributed by atoms with Gasteiger partial charge in [-0.2, -0.15) is 0 Å². The topological polar surface area (TPSA) is 71.3 Å². The number of hydrogen-bond donors (Lipinski definition) is 2. The predicted molar refractivity (Wildman–Crippen MR) is 100 cm³/mol. The third-order valence-corrected chi connectivity index (χ3v) is 5.07. The lowest BCUT2D eigenvalue weighted by Gasteiger charge is -2.16. The zero-order valence-corrected chi connectivity index (χ0v) is 15.7. The average Bonchev–Trinajstić information content (AvgIpc) is 2.88. The Balaban J connectivity index is 1.96. The maximum atomic E-state index is 14.1. The van der Waals surface area contributed by atoms with Crippen LogP contribution in [0.1, 0.15) is 52.6 Å². The summed E-state index contributed by atoms with van der Waals surface area (Å²) >= 11 is 0. The van der Waals surface area contributed by atoms with Crippen molar-refractivity contribution < 1.29 is 19.1 Å². The van der Waals surface area contributed by atoms with Crippen molar-refractivity contribution in [2.75, 3.05) is 6.54 Å². The van der Waals surface area contributed by atoms with Crippen LogP contribution in [-0.2, 0) is 24.2 Å². The Morgan fingerprint density at radius 3 is 2.78 bits per heavy atom. The number of hydrogen-bond acceptors (Lipinski definition) is 3. The normalized spacial score (nSPS) is 14.7. The van der Waals surface area contributed by atoms with Crippen molar-refractivity contribution in [1.82, 2.24) is 9.88 Å². The highest BCUT2D eigenvalue weighted by Gasteiger charge is 2.29. The second-order valence-electron chi connectivity index (χ2n) is 7.17. The van der Waals surface area contributed by atoms with Gasteiger partial charge in [-0.3, -0.25) is 9.59 Å². The van der Waals surface area contributed by atoms with Gasteiger partial charge in [-0.1, -0.05) is 18.2 Å². The Hall–Kier alpha value is -2.47. The van der Waals surface area contributed by atoms with E-state index in [9.17, 15) is 19.1 Å². The lowest BCUT2D eigenvalue weighted by molar-refractivity contribution is -0.120. The SMILES string of the molecule is Cc1c(CC(=O)NCC(C)O)c2c(n1Cc1ccccc1F)CCCC2=O. The van der Waals surface area contributed by atoms with E-state index in [0.717, 1.165) is 24.2 Å². The zero-order chi connectivity index (χ0) is 19.6. The number of carbonyl (C=O) groups is 2. The molecular weight excluding hydrogens is 347 g/mol. The molecule has 0 radical (unpaired) electrons. The third-order valence-electron chi connectivity index (χ3n) is 5.07. The van der Waals surface area contributed by atoms with Gasteiger partial charge in [-0.15, -0.1) is 0 Å². The van der Waals surface area contributed by atoms with E-state index >= 15 is 0 Å². The lowest BCUT2D eigenvalue weighted by atomic mass is 9.92. The molecule has 0 aliphatic heterocycles. The summed E-state index contributed by atoms with van der Waals surface area (Å²) in [6, 6.07) is 6.61. The summed E-state index contributed by atoms with van der Waals surface area (Å²) in [6.45, 7) is 3.99. The van der Waals surface area contributed by atoms with Gasteiger partial charge < -0.3 is 15.0 Å². The van der Waals surface area contributed by atoms with E-state index in [0.29, 0.717) is 29.7 Å². The Bertz CT molecular complexity index is 871. The van der Waals surface area contributed by atoms with E-state index in [1.807, 2.05) is 11.5 Å². The number of nitrogens with one attached hydrogen (secondary N) is 1. The van der Waals surface area contributed by atoms with Gasteiger partial charge in [0.2, 0.25) is 5.91 Å². The van der Waals surface area contributed by atoms with E-state index in [-0.39, 0.29) is 30.5 Å². The van der Waals surface area contributed by atoms with Crippen LogP contribution in [0.3, 0.4) is 0 Å². The maximum absolute atomic E-state index is 14.1. The molecule has 0 bridgehead atoms. The van der Waals surface area contributed by atoms with Crippen LogP contribution in [0.25, 0.3) is 0 Å². The average molecular weight is 372 g/mol. The molecule has 2 N–H and O–H groups in total. The fraction of sp³-hybridized carbons (Fsp3) is 0.429. The summed E-state index contributed by atoms with van der Waals surface area (Å²) < 4.78 is 16.1. The minimum Gasteiger partial charge on any atom is -0.392 e. The summed E-state index contributed by atoms with van der Waals surface area (Å²) in [6.07, 6.45) is 1.43. The van der Waals surface area contributed by atoms with Gasteiger partial charge >= 0.3 is 0 Å². The number of fused-ring (bicyclic) bond motifs is 1. The van der Waals surface area contributed by atoms with Crippen LogP contribution < -0.4 is 5.32 Å². The van der Waals surface area contributed by atoms with Gasteiger partial charge in [0.1, 0.15) is 5.82 Å². The van der Waals surface area contributed by atoms with Gasteiger partial charge in [-0.25, -0.2) is 4.39 Å². The first-order valence-electron chi connectivity index (χ1n) is 9.30. The number of halogens is 1. The van der Waals surface area contributed by atoms with Gasteiger partial charge in [0.25, 0.3) is 0 Å². The minimum absolute atomic E-state index is 0.0463. The molecule has 1 atom stereocenters. The van der Waals surface area contributed by atoms with Crippen LogP contribution >= 0.6 is 0 Å². The molecule has 1 aromatic heterocycles. The van der Waals surface area contributed by atoms with Crippen LogP contribution in [0.15, 0.2) is 24.3 Å². The molecule has 1 unspecified atom stereocenters. The van der Waals surface area contributed by atoms with Gasteiger partial charge in [0.15, 0.2) is 5.78 Å². The summed E-state index contributed by atoms with van der Waals surface area (Å²) in [5.41, 5.74) is 3.62. The third kappa shape index (κ3) is 4.11. The van der Waals surface area contributed by atoms with Crippen LogP contribution in [0.4, 0.5) is 4.39 Å². The first-order chi connectivity index (χ1) is 12.9. The fourth-order valence-electron chi connectivity index (χ4n) is 3.70. The Morgan fingerprint density at radius 1 is 1.33 bits per heavy atom. The molecule has 0 fully saturated rings. The molecule has 144 valence electrons. The Labute approximate surface area is 158 Å². The molecule has 0 saturated carbocycles. The maximum Gasteiger partial charge on any atom is 0.224 e. The fourth-order valence-corrected chi connectivity index (χ4v) is 3.70. The van der Waals surface area contributed by atoms with Gasteiger partial charge in [-0.05, 0) is 38.3 Å². The first kappa shape index (κ1) is 19.3. The molecule has 1 heterocycles. The van der Waals surface area contributed by atoms with E-state index in [1.54, 1.807) is 25.1 Å². The van der Waals surface area contributed by atoms with Crippen molar-refractivity contribution in [2.45, 2.75) is 52.2 Å². The molecule has 27 heavy (non-hydrogen) atoms. The van der Waals surface area contributed by atoms with Crippen molar-refractivity contribution in [1.29, 1.82) is 0 Å². The minimum atomic E-state index is -0.628. The highest BCUT2D eigenvalue weighted by Crippen LogP contribution is 2.31. The summed E-state index contributed by atoms with van der Waals surface area (Å²) in [7, 11) is 0. The number of benzene rings is 1. The molecule has 5 nitrogen and oxygen atoms in total. The van der Waals surface area contributed by atoms with E-state index in [4.69, 9.17) is 0 Å². The molecule has 2 aromatic rings. The summed E-state index contributed by atoms with van der Waals surface area (Å²) in [5, 5.41) is 12.0. The number of amides is 1. The number of aliphatic hydroxyl groups excluding tert-OH is 1. The van der Waals surface area contributed by atoms with Gasteiger partial charge in [0, 0.05) is 35.5 Å². The molecule has 1 aliphatic carbocycles. The number of carbonyl (C=O) groups excluding carboxylic acids is 2. The van der Waals surface area contributed by atoms with Crippen LogP contribution in [0, 0.1) is 12.7 Å². The zero-order valence-electron chi connectivity index (χ0n) is 15.7. The first-order valence-corrected chi connectivity index (χ1v) is 9.30. The monoisotopic (exact) mass is 372 g/mol. The largest absolute Gasteiger partial charge is 0.392 e. The summed E-state index contributed by atoms with van der Waals surface area (Å²) in [4.78, 5) is 24.9. The predicted octanol–water partition coefficient (Wildman–Crippen LogP) is 2.54. The molecule has 0 saturated heterocycles. The molecule has 1 amide bonds. The number of nitrogens with zero attached hydrogens (tertiary/aromatic N) is 1. The van der Waals surface area contributed by atoms with Crippen LogP contribution in [0.5, 0.6) is 0 Å². The van der Waals surface area contributed by atoms with Crippen molar-refractivity contribution >= 4 is 11.7 Å². The highest BCUT2D eigenvalue weighted by atomic mass is 19.1. The smallest absolute Gasteiger partial charge is 0.224 e. The van der Waals surface area contributed by atoms with E-state index in [2.05, 4.69) is 5.32 Å². The molecule has 6 heteroatoms. The van der Waals surface area contributed by atoms with Gasteiger partial charge in [0.05, 0.1) is 19.1 Å². The van der Waals surface area contributed by atoms with Crippen LogP contribution in [0.2, 0.25) is 0 Å². The summed E-state index contributed by atoms with van der Waals surface area (Å²) in [5.74, 6) is -0.467.